The number of amides is 4. The lowest BCUT2D eigenvalue weighted by molar-refractivity contribution is -0.145. The van der Waals surface area contributed by atoms with Crippen molar-refractivity contribution in [2.75, 3.05) is 13.1 Å². The molecule has 2 aliphatic heterocycles. The zero-order valence-electron chi connectivity index (χ0n) is 19.9. The van der Waals surface area contributed by atoms with Crippen molar-refractivity contribution in [3.63, 3.8) is 0 Å². The molecule has 3 N–H and O–H groups in total. The molecule has 2 heterocycles. The van der Waals surface area contributed by atoms with Gasteiger partial charge in [0.15, 0.2) is 0 Å². The Morgan fingerprint density at radius 1 is 1.26 bits per heavy atom. The van der Waals surface area contributed by atoms with Crippen LogP contribution in [-0.2, 0) is 19.2 Å². The minimum absolute atomic E-state index is 0.0545. The van der Waals surface area contributed by atoms with Gasteiger partial charge in [0.25, 0.3) is 5.91 Å². The second-order valence-electron chi connectivity index (χ2n) is 10.6. The lowest BCUT2D eigenvalue weighted by atomic mass is 9.96. The monoisotopic (exact) mass is 481 g/mol. The number of carbonyl (C=O) groups is 4. The van der Waals surface area contributed by atoms with E-state index < -0.39 is 42.3 Å². The number of likely N-dealkylation sites (tertiary alicyclic amines) is 1. The molecule has 0 radical (unpaired) electrons. The van der Waals surface area contributed by atoms with Crippen LogP contribution >= 0.6 is 0 Å². The van der Waals surface area contributed by atoms with Gasteiger partial charge in [0.2, 0.25) is 17.7 Å². The van der Waals surface area contributed by atoms with E-state index >= 15 is 0 Å². The van der Waals surface area contributed by atoms with Gasteiger partial charge in [-0.2, -0.15) is 14.0 Å². The Labute approximate surface area is 198 Å². The van der Waals surface area contributed by atoms with E-state index in [1.54, 1.807) is 13.8 Å². The van der Waals surface area contributed by atoms with E-state index in [1.165, 1.54) is 4.90 Å². The fraction of sp³-hybridized carbons (Fsp3) is 0.783. The Balaban J connectivity index is 1.76. The highest BCUT2D eigenvalue weighted by Gasteiger charge is 2.69. The average molecular weight is 482 g/mol. The summed E-state index contributed by atoms with van der Waals surface area (Å²) in [6.07, 6.45) is -2.35. The van der Waals surface area contributed by atoms with Crippen molar-refractivity contribution in [1.82, 2.24) is 20.9 Å². The van der Waals surface area contributed by atoms with E-state index in [0.29, 0.717) is 13.0 Å². The van der Waals surface area contributed by atoms with Gasteiger partial charge in [0, 0.05) is 19.0 Å². The molecule has 1 aliphatic carbocycles. The van der Waals surface area contributed by atoms with Gasteiger partial charge in [-0.3, -0.25) is 19.2 Å². The molecule has 0 spiro atoms. The van der Waals surface area contributed by atoms with Crippen molar-refractivity contribution >= 4 is 23.6 Å². The van der Waals surface area contributed by atoms with Crippen LogP contribution in [0.25, 0.3) is 0 Å². The summed E-state index contributed by atoms with van der Waals surface area (Å²) < 4.78 is 25.7. The van der Waals surface area contributed by atoms with E-state index in [4.69, 9.17) is 0 Å². The molecule has 188 valence electrons. The van der Waals surface area contributed by atoms with Gasteiger partial charge in [-0.1, -0.05) is 27.7 Å². The number of alkyl halides is 2. The standard InChI is InChI=1S/C23H33F2N5O4/c1-11(2)7-15(29-21(33)18(24)25)22(34)30-10-14-16(23(14,3)4)17(30)20(32)28-13(9-26)8-12-5-6-27-19(12)31/h11-18H,5-8,10H2,1-4H3,(H,27,31)(H,28,32)(H,29,33)/t12-,13-,14-,15-,16-,17-/m0/s1. The Morgan fingerprint density at radius 2 is 1.94 bits per heavy atom. The van der Waals surface area contributed by atoms with Crippen molar-refractivity contribution in [1.29, 1.82) is 5.26 Å². The predicted molar refractivity (Wildman–Crippen MR) is 117 cm³/mol. The number of nitrogens with one attached hydrogen (secondary N) is 3. The van der Waals surface area contributed by atoms with Crippen LogP contribution in [-0.4, -0.2) is 66.2 Å². The van der Waals surface area contributed by atoms with Gasteiger partial charge in [0.1, 0.15) is 18.1 Å². The smallest absolute Gasteiger partial charge is 0.315 e. The van der Waals surface area contributed by atoms with Gasteiger partial charge in [0.05, 0.1) is 6.07 Å². The molecule has 11 heteroatoms. The maximum Gasteiger partial charge on any atom is 0.315 e. The van der Waals surface area contributed by atoms with Crippen LogP contribution in [0.2, 0.25) is 0 Å². The molecule has 3 fully saturated rings. The molecule has 34 heavy (non-hydrogen) atoms. The summed E-state index contributed by atoms with van der Waals surface area (Å²) in [7, 11) is 0. The van der Waals surface area contributed by atoms with Gasteiger partial charge < -0.3 is 20.9 Å². The van der Waals surface area contributed by atoms with Crippen LogP contribution in [0.4, 0.5) is 8.78 Å². The minimum atomic E-state index is -3.25. The van der Waals surface area contributed by atoms with Crippen LogP contribution in [0.15, 0.2) is 0 Å². The van der Waals surface area contributed by atoms with Crippen LogP contribution in [0.5, 0.6) is 0 Å². The molecule has 9 nitrogen and oxygen atoms in total. The lowest BCUT2D eigenvalue weighted by Gasteiger charge is -2.34. The molecule has 3 rings (SSSR count). The fourth-order valence-corrected chi connectivity index (χ4v) is 5.50. The largest absolute Gasteiger partial charge is 0.356 e. The number of rotatable bonds is 9. The molecule has 1 saturated carbocycles. The van der Waals surface area contributed by atoms with E-state index in [1.807, 2.05) is 19.9 Å². The molecule has 0 bridgehead atoms. The maximum absolute atomic E-state index is 13.4. The SMILES string of the molecule is CC(C)C[C@H](NC(=O)C(F)F)C(=O)N1C[C@H]2[C@@H]([C@H]1C(=O)N[C@H](C#N)C[C@@H]1CCNC1=O)C2(C)C. The Bertz CT molecular complexity index is 887. The topological polar surface area (TPSA) is 131 Å². The second-order valence-corrected chi connectivity index (χ2v) is 10.6. The van der Waals surface area contributed by atoms with E-state index in [9.17, 15) is 33.2 Å². The number of hydrogen-bond donors (Lipinski definition) is 3. The summed E-state index contributed by atoms with van der Waals surface area (Å²) in [5.41, 5.74) is -0.188. The van der Waals surface area contributed by atoms with E-state index in [0.717, 1.165) is 0 Å². The number of piperidine rings is 1. The zero-order chi connectivity index (χ0) is 25.4. The van der Waals surface area contributed by atoms with Crippen molar-refractivity contribution < 1.29 is 28.0 Å². The molecule has 0 aromatic heterocycles. The Morgan fingerprint density at radius 3 is 2.47 bits per heavy atom. The number of nitrogens with zero attached hydrogens (tertiary/aromatic N) is 2. The summed E-state index contributed by atoms with van der Waals surface area (Å²) in [5.74, 6) is -3.26. The van der Waals surface area contributed by atoms with Crippen LogP contribution in [0.3, 0.4) is 0 Å². The number of carbonyl (C=O) groups excluding carboxylic acids is 4. The van der Waals surface area contributed by atoms with Crippen molar-refractivity contribution in [3.05, 3.63) is 0 Å². The van der Waals surface area contributed by atoms with Gasteiger partial charge in [-0.05, 0) is 42.4 Å². The molecule has 2 saturated heterocycles. The summed E-state index contributed by atoms with van der Waals surface area (Å²) in [6, 6.07) is -0.921. The van der Waals surface area contributed by atoms with Gasteiger partial charge in [-0.25, -0.2) is 0 Å². The van der Waals surface area contributed by atoms with E-state index in [2.05, 4.69) is 16.0 Å². The quantitative estimate of drug-likeness (QED) is 0.448. The first-order valence-corrected chi connectivity index (χ1v) is 11.7. The fourth-order valence-electron chi connectivity index (χ4n) is 5.50. The maximum atomic E-state index is 13.4. The summed E-state index contributed by atoms with van der Waals surface area (Å²) in [5, 5.41) is 17.1. The minimum Gasteiger partial charge on any atom is -0.356 e. The van der Waals surface area contributed by atoms with Crippen LogP contribution in [0, 0.1) is 40.4 Å². The number of halogens is 2. The highest BCUT2D eigenvalue weighted by Crippen LogP contribution is 2.64. The summed E-state index contributed by atoms with van der Waals surface area (Å²) in [4.78, 5) is 51.6. The first-order chi connectivity index (χ1) is 15.9. The molecule has 0 aromatic carbocycles. The molecule has 6 atom stereocenters. The first kappa shape index (κ1) is 25.8. The van der Waals surface area contributed by atoms with Crippen molar-refractivity contribution in [3.8, 4) is 6.07 Å². The summed E-state index contributed by atoms with van der Waals surface area (Å²) in [6.45, 7) is 8.41. The Hall–Kier alpha value is -2.77. The molecule has 4 amide bonds. The number of fused-ring (bicyclic) bond motifs is 1. The first-order valence-electron chi connectivity index (χ1n) is 11.7. The summed E-state index contributed by atoms with van der Waals surface area (Å²) >= 11 is 0. The van der Waals surface area contributed by atoms with Crippen molar-refractivity contribution in [2.45, 2.75) is 71.5 Å². The zero-order valence-corrected chi connectivity index (χ0v) is 19.9. The number of nitriles is 1. The molecule has 3 aliphatic rings. The normalized spacial score (nSPS) is 28.7. The molecule has 0 unspecified atom stereocenters. The van der Waals surface area contributed by atoms with Crippen LogP contribution in [0.1, 0.15) is 47.0 Å². The van der Waals surface area contributed by atoms with E-state index in [-0.39, 0.29) is 54.4 Å². The second kappa shape index (κ2) is 9.84. The Kier molecular flexibility index (Phi) is 7.48. The van der Waals surface area contributed by atoms with Gasteiger partial charge >= 0.3 is 6.43 Å². The highest BCUT2D eigenvalue weighted by molar-refractivity contribution is 5.94. The highest BCUT2D eigenvalue weighted by atomic mass is 19.3. The molecular weight excluding hydrogens is 448 g/mol. The average Bonchev–Trinajstić information content (AvgIpc) is 3.11. The third-order valence-corrected chi connectivity index (χ3v) is 7.44. The van der Waals surface area contributed by atoms with Gasteiger partial charge in [-0.15, -0.1) is 0 Å². The van der Waals surface area contributed by atoms with Crippen molar-refractivity contribution in [2.24, 2.45) is 29.1 Å². The van der Waals surface area contributed by atoms with Crippen LogP contribution < -0.4 is 16.0 Å². The molecule has 0 aromatic rings. The third kappa shape index (κ3) is 5.15. The molecular formula is C23H33F2N5O4. The third-order valence-electron chi connectivity index (χ3n) is 7.44. The lowest BCUT2D eigenvalue weighted by Crippen LogP contribution is -2.57. The predicted octanol–water partition coefficient (Wildman–Crippen LogP) is 0.800. The number of hydrogen-bond acceptors (Lipinski definition) is 5.